The Balaban J connectivity index is 1.66. The van der Waals surface area contributed by atoms with Crippen molar-refractivity contribution in [3.05, 3.63) is 77.1 Å². The van der Waals surface area contributed by atoms with Gasteiger partial charge in [0.05, 0.1) is 12.5 Å². The first kappa shape index (κ1) is 29.3. The Morgan fingerprint density at radius 3 is 2.20 bits per heavy atom. The highest BCUT2D eigenvalue weighted by molar-refractivity contribution is 7.85. The summed E-state index contributed by atoms with van der Waals surface area (Å²) >= 11 is 0. The number of aromatic nitrogens is 2. The zero-order valence-corrected chi connectivity index (χ0v) is 24.8. The van der Waals surface area contributed by atoms with Gasteiger partial charge in [-0.25, -0.2) is 14.7 Å². The minimum atomic E-state index is -4.50. The third kappa shape index (κ3) is 6.22. The molecular formula is C30H38N4O5S. The molecule has 1 fully saturated rings. The van der Waals surface area contributed by atoms with Gasteiger partial charge in [0.25, 0.3) is 0 Å². The van der Waals surface area contributed by atoms with Crippen LogP contribution in [0, 0.1) is 6.92 Å². The molecule has 1 aromatic heterocycles. The van der Waals surface area contributed by atoms with E-state index < -0.39 is 21.6 Å². The van der Waals surface area contributed by atoms with Crippen molar-refractivity contribution in [3.8, 4) is 11.5 Å². The quantitative estimate of drug-likeness (QED) is 0.385. The summed E-state index contributed by atoms with van der Waals surface area (Å²) in [5.41, 5.74) is 1.91. The lowest BCUT2D eigenvalue weighted by atomic mass is 9.72. The first-order valence-corrected chi connectivity index (χ1v) is 14.9. The molecule has 1 aliphatic rings. The molecule has 3 aromatic rings. The molecule has 1 N–H and O–H groups in total. The van der Waals surface area contributed by atoms with Crippen molar-refractivity contribution >= 4 is 22.2 Å². The highest BCUT2D eigenvalue weighted by Gasteiger charge is 2.45. The topological polar surface area (TPSA) is 111 Å². The lowest BCUT2D eigenvalue weighted by Crippen LogP contribution is -2.53. The molecule has 214 valence electrons. The summed E-state index contributed by atoms with van der Waals surface area (Å²) in [5.74, 6) is 0.850. The van der Waals surface area contributed by atoms with Crippen LogP contribution in [0.3, 0.4) is 0 Å². The van der Waals surface area contributed by atoms with E-state index in [1.807, 2.05) is 69.9 Å². The van der Waals surface area contributed by atoms with Crippen LogP contribution >= 0.6 is 0 Å². The standard InChI is InChI=1S/C30H38N4O5S/c1-20(2)25-11-8-12-26(21(3)4)27(25)39-40(36,37)33-28(35)30(23-9-7-10-24(19-23)38-6)14-17-34(18-15-30)29-31-16-13-22(5)32-29/h7-13,16,19-21H,14-15,17-18H2,1-6H3,(H,33,35). The molecule has 40 heavy (non-hydrogen) atoms. The van der Waals surface area contributed by atoms with Gasteiger partial charge < -0.3 is 13.8 Å². The van der Waals surface area contributed by atoms with E-state index in [1.54, 1.807) is 31.5 Å². The fourth-order valence-electron chi connectivity index (χ4n) is 5.16. The number of hydrogen-bond donors (Lipinski definition) is 1. The van der Waals surface area contributed by atoms with Crippen molar-refractivity contribution in [2.24, 2.45) is 0 Å². The van der Waals surface area contributed by atoms with E-state index in [0.29, 0.717) is 43.2 Å². The smallest absolute Gasteiger partial charge is 0.409 e. The van der Waals surface area contributed by atoms with E-state index in [0.717, 1.165) is 16.8 Å². The number of nitrogens with one attached hydrogen (secondary N) is 1. The third-order valence-electron chi connectivity index (χ3n) is 7.47. The number of hydrogen-bond acceptors (Lipinski definition) is 8. The van der Waals surface area contributed by atoms with E-state index in [9.17, 15) is 13.2 Å². The predicted molar refractivity (Wildman–Crippen MR) is 155 cm³/mol. The number of anilines is 1. The molecule has 0 atom stereocenters. The number of ether oxygens (including phenoxy) is 1. The van der Waals surface area contributed by atoms with Gasteiger partial charge in [0, 0.05) is 25.0 Å². The number of aryl methyl sites for hydroxylation is 1. The van der Waals surface area contributed by atoms with Gasteiger partial charge in [-0.15, -0.1) is 0 Å². The van der Waals surface area contributed by atoms with E-state index in [1.165, 1.54) is 0 Å². The Kier molecular flexibility index (Phi) is 8.68. The van der Waals surface area contributed by atoms with Gasteiger partial charge in [-0.2, -0.15) is 8.42 Å². The minimum absolute atomic E-state index is 0.0240. The van der Waals surface area contributed by atoms with Crippen LogP contribution in [0.4, 0.5) is 5.95 Å². The van der Waals surface area contributed by atoms with Gasteiger partial charge in [-0.1, -0.05) is 58.0 Å². The Morgan fingerprint density at radius 1 is 1.00 bits per heavy atom. The lowest BCUT2D eigenvalue weighted by molar-refractivity contribution is -0.125. The monoisotopic (exact) mass is 566 g/mol. The minimum Gasteiger partial charge on any atom is -0.497 e. The molecule has 0 unspecified atom stereocenters. The zero-order chi connectivity index (χ0) is 29.1. The number of piperidine rings is 1. The fraction of sp³-hybridized carbons (Fsp3) is 0.433. The van der Waals surface area contributed by atoms with Crippen molar-refractivity contribution in [1.82, 2.24) is 14.7 Å². The highest BCUT2D eigenvalue weighted by Crippen LogP contribution is 2.39. The maximum Gasteiger partial charge on any atom is 0.409 e. The van der Waals surface area contributed by atoms with Gasteiger partial charge in [0.1, 0.15) is 5.75 Å². The Bertz CT molecular complexity index is 1440. The van der Waals surface area contributed by atoms with Crippen molar-refractivity contribution in [2.75, 3.05) is 25.1 Å². The summed E-state index contributed by atoms with van der Waals surface area (Å²) in [6.45, 7) is 10.7. The van der Waals surface area contributed by atoms with Crippen LogP contribution in [0.5, 0.6) is 11.5 Å². The summed E-state index contributed by atoms with van der Waals surface area (Å²) in [7, 11) is -2.94. The van der Waals surface area contributed by atoms with Crippen LogP contribution in [0.25, 0.3) is 0 Å². The molecule has 0 saturated carbocycles. The first-order valence-electron chi connectivity index (χ1n) is 13.5. The summed E-state index contributed by atoms with van der Waals surface area (Å²) in [4.78, 5) is 24.9. The molecule has 4 rings (SSSR count). The molecular weight excluding hydrogens is 528 g/mol. The van der Waals surface area contributed by atoms with Crippen LogP contribution in [0.2, 0.25) is 0 Å². The van der Waals surface area contributed by atoms with Crippen LogP contribution in [-0.4, -0.2) is 44.5 Å². The summed E-state index contributed by atoms with van der Waals surface area (Å²) in [6.07, 6.45) is 2.40. The van der Waals surface area contributed by atoms with E-state index >= 15 is 0 Å². The summed E-state index contributed by atoms with van der Waals surface area (Å²) in [5, 5.41) is 0. The fourth-order valence-corrected chi connectivity index (χ4v) is 6.04. The average Bonchev–Trinajstić information content (AvgIpc) is 2.92. The first-order chi connectivity index (χ1) is 19.0. The second kappa shape index (κ2) is 11.8. The average molecular weight is 567 g/mol. The molecule has 10 heteroatoms. The Morgan fingerprint density at radius 2 is 1.62 bits per heavy atom. The Hall–Kier alpha value is -3.66. The number of amides is 1. The SMILES string of the molecule is COc1cccc(C2(C(=O)NS(=O)(=O)Oc3c(C(C)C)cccc3C(C)C)CCN(c3nccc(C)n3)CC2)c1. The normalized spacial score (nSPS) is 15.2. The summed E-state index contributed by atoms with van der Waals surface area (Å²) in [6, 6.07) is 14.6. The van der Waals surface area contributed by atoms with Gasteiger partial charge >= 0.3 is 10.3 Å². The number of para-hydroxylation sites is 1. The van der Waals surface area contributed by atoms with E-state index in [4.69, 9.17) is 8.92 Å². The molecule has 9 nitrogen and oxygen atoms in total. The second-order valence-corrected chi connectivity index (χ2v) is 12.1. The molecule has 0 spiro atoms. The number of nitrogens with zero attached hydrogens (tertiary/aromatic N) is 3. The van der Waals surface area contributed by atoms with Gasteiger partial charge in [0.2, 0.25) is 11.9 Å². The highest BCUT2D eigenvalue weighted by atomic mass is 32.2. The molecule has 2 aromatic carbocycles. The largest absolute Gasteiger partial charge is 0.497 e. The van der Waals surface area contributed by atoms with Crippen LogP contribution in [-0.2, 0) is 20.5 Å². The van der Waals surface area contributed by atoms with Crippen LogP contribution in [0.1, 0.15) is 74.8 Å². The maximum atomic E-state index is 14.0. The van der Waals surface area contributed by atoms with Crippen LogP contribution < -0.4 is 18.5 Å². The number of carbonyl (C=O) groups is 1. The van der Waals surface area contributed by atoms with Crippen molar-refractivity contribution in [3.63, 3.8) is 0 Å². The maximum absolute atomic E-state index is 14.0. The number of benzene rings is 2. The summed E-state index contributed by atoms with van der Waals surface area (Å²) < 4.78 is 40.2. The molecule has 1 saturated heterocycles. The molecule has 2 heterocycles. The zero-order valence-electron chi connectivity index (χ0n) is 24.0. The molecule has 1 amide bonds. The lowest BCUT2D eigenvalue weighted by Gasteiger charge is -2.40. The van der Waals surface area contributed by atoms with Crippen LogP contribution in [0.15, 0.2) is 54.7 Å². The second-order valence-electron chi connectivity index (χ2n) is 10.8. The van der Waals surface area contributed by atoms with Gasteiger partial charge in [-0.3, -0.25) is 4.79 Å². The van der Waals surface area contributed by atoms with Gasteiger partial charge in [0.15, 0.2) is 5.75 Å². The molecule has 0 aliphatic carbocycles. The molecule has 0 bridgehead atoms. The molecule has 1 aliphatic heterocycles. The van der Waals surface area contributed by atoms with E-state index in [2.05, 4.69) is 14.7 Å². The van der Waals surface area contributed by atoms with E-state index in [-0.39, 0.29) is 17.6 Å². The molecule has 0 radical (unpaired) electrons. The third-order valence-corrected chi connectivity index (χ3v) is 8.29. The van der Waals surface area contributed by atoms with Gasteiger partial charge in [-0.05, 0) is 66.5 Å². The van der Waals surface area contributed by atoms with Crippen molar-refractivity contribution in [1.29, 1.82) is 0 Å². The van der Waals surface area contributed by atoms with Crippen molar-refractivity contribution in [2.45, 2.75) is 64.7 Å². The number of carbonyl (C=O) groups excluding carboxylic acids is 1. The Labute approximate surface area is 237 Å². The van der Waals surface area contributed by atoms with Crippen molar-refractivity contribution < 1.29 is 22.1 Å². The predicted octanol–water partition coefficient (Wildman–Crippen LogP) is 5.02. The number of rotatable bonds is 9. The number of methoxy groups -OCH3 is 1.